The van der Waals surface area contributed by atoms with Crippen LogP contribution in [-0.4, -0.2) is 16.6 Å². The summed E-state index contributed by atoms with van der Waals surface area (Å²) in [5.41, 5.74) is 7.57. The number of nitrogens with zero attached hydrogens (tertiary/aromatic N) is 1. The van der Waals surface area contributed by atoms with E-state index in [2.05, 4.69) is 36.8 Å². The van der Waals surface area contributed by atoms with Gasteiger partial charge in [-0.05, 0) is 35.4 Å². The van der Waals surface area contributed by atoms with E-state index in [4.69, 9.17) is 5.73 Å². The van der Waals surface area contributed by atoms with Gasteiger partial charge in [-0.25, -0.2) is 0 Å². The molecule has 0 amide bonds. The normalized spacial score (nSPS) is 14.1. The van der Waals surface area contributed by atoms with Crippen molar-refractivity contribution in [2.75, 3.05) is 6.54 Å². The van der Waals surface area contributed by atoms with E-state index in [1.54, 1.807) is 12.4 Å². The largest absolute Gasteiger partial charge is 0.388 e. The van der Waals surface area contributed by atoms with Gasteiger partial charge in [-0.2, -0.15) is 0 Å². The van der Waals surface area contributed by atoms with Gasteiger partial charge in [0.05, 0.1) is 6.10 Å². The second-order valence-corrected chi connectivity index (χ2v) is 6.11. The quantitative estimate of drug-likeness (QED) is 0.847. The first kappa shape index (κ1) is 14.7. The summed E-state index contributed by atoms with van der Waals surface area (Å²) in [5, 5.41) is 10.5. The highest BCUT2D eigenvalue weighted by molar-refractivity contribution is 9.11. The minimum absolute atomic E-state index is 0.171. The monoisotopic (exact) mass is 384 g/mol. The van der Waals surface area contributed by atoms with Crippen LogP contribution < -0.4 is 5.73 Å². The summed E-state index contributed by atoms with van der Waals surface area (Å²) >= 11 is 6.85. The number of halogens is 2. The number of aromatic nitrogens is 1. The minimum Gasteiger partial charge on any atom is -0.388 e. The number of rotatable bonds is 4. The third-order valence-corrected chi connectivity index (χ3v) is 3.89. The lowest BCUT2D eigenvalue weighted by Crippen LogP contribution is -2.20. The van der Waals surface area contributed by atoms with Crippen LogP contribution in [0.2, 0.25) is 0 Å². The second-order valence-electron chi connectivity index (χ2n) is 4.28. The van der Waals surface area contributed by atoms with Crippen molar-refractivity contribution >= 4 is 31.9 Å². The summed E-state index contributed by atoms with van der Waals surface area (Å²) in [6.07, 6.45) is 2.79. The van der Waals surface area contributed by atoms with Crippen molar-refractivity contribution < 1.29 is 5.11 Å². The molecule has 3 N–H and O–H groups in total. The molecule has 3 nitrogen and oxygen atoms in total. The number of hydrogen-bond donors (Lipinski definition) is 2. The first-order chi connectivity index (χ1) is 9.11. The van der Waals surface area contributed by atoms with Gasteiger partial charge in [-0.1, -0.05) is 37.9 Å². The lowest BCUT2D eigenvalue weighted by molar-refractivity contribution is 0.147. The third-order valence-electron chi connectivity index (χ3n) is 2.97. The van der Waals surface area contributed by atoms with Gasteiger partial charge in [-0.15, -0.1) is 0 Å². The highest BCUT2D eigenvalue weighted by Gasteiger charge is 2.22. The number of aliphatic hydroxyl groups is 1. The molecule has 5 heteroatoms. The second kappa shape index (κ2) is 6.61. The summed E-state index contributed by atoms with van der Waals surface area (Å²) in [7, 11) is 0. The van der Waals surface area contributed by atoms with E-state index in [1.807, 2.05) is 30.3 Å². The molecule has 0 aliphatic rings. The fraction of sp³-hybridized carbons (Fsp3) is 0.214. The highest BCUT2D eigenvalue weighted by Crippen LogP contribution is 2.32. The predicted molar refractivity (Wildman–Crippen MR) is 82.8 cm³/mol. The van der Waals surface area contributed by atoms with Crippen molar-refractivity contribution in [3.8, 4) is 0 Å². The Kier molecular flexibility index (Phi) is 5.10. The van der Waals surface area contributed by atoms with Crippen LogP contribution in [0.3, 0.4) is 0 Å². The maximum Gasteiger partial charge on any atom is 0.0872 e. The van der Waals surface area contributed by atoms with Gasteiger partial charge in [0, 0.05) is 33.8 Å². The van der Waals surface area contributed by atoms with Gasteiger partial charge in [-0.3, -0.25) is 4.98 Å². The summed E-state index contributed by atoms with van der Waals surface area (Å²) in [6.45, 7) is 0.358. The van der Waals surface area contributed by atoms with E-state index in [0.29, 0.717) is 6.54 Å². The van der Waals surface area contributed by atoms with E-state index in [-0.39, 0.29) is 5.92 Å². The van der Waals surface area contributed by atoms with Crippen LogP contribution in [-0.2, 0) is 0 Å². The van der Waals surface area contributed by atoms with E-state index < -0.39 is 6.10 Å². The van der Waals surface area contributed by atoms with Crippen molar-refractivity contribution in [1.82, 2.24) is 4.98 Å². The standard InChI is InChI=1S/C14H14Br2N2O/c15-11-4-10(5-12(16)6-11)14(19)13(7-17)9-2-1-3-18-8-9/h1-6,8,13-14,19H,7,17H2. The van der Waals surface area contributed by atoms with Crippen molar-refractivity contribution in [2.24, 2.45) is 5.73 Å². The fourth-order valence-electron chi connectivity index (χ4n) is 2.02. The molecule has 1 aromatic carbocycles. The summed E-state index contributed by atoms with van der Waals surface area (Å²) in [5.74, 6) is -0.171. The lowest BCUT2D eigenvalue weighted by Gasteiger charge is -2.22. The van der Waals surface area contributed by atoms with E-state index in [9.17, 15) is 5.11 Å². The zero-order valence-electron chi connectivity index (χ0n) is 10.1. The molecule has 0 bridgehead atoms. The summed E-state index contributed by atoms with van der Waals surface area (Å²) in [6, 6.07) is 9.50. The van der Waals surface area contributed by atoms with Crippen LogP contribution in [0.5, 0.6) is 0 Å². The molecule has 2 atom stereocenters. The van der Waals surface area contributed by atoms with Crippen LogP contribution in [0.1, 0.15) is 23.1 Å². The van der Waals surface area contributed by atoms with E-state index in [1.165, 1.54) is 0 Å². The average molecular weight is 386 g/mol. The topological polar surface area (TPSA) is 59.1 Å². The third kappa shape index (κ3) is 3.63. The summed E-state index contributed by atoms with van der Waals surface area (Å²) in [4.78, 5) is 4.08. The number of benzene rings is 1. The molecule has 0 radical (unpaired) electrons. The molecule has 2 aromatic rings. The van der Waals surface area contributed by atoms with E-state index in [0.717, 1.165) is 20.1 Å². The number of hydrogen-bond acceptors (Lipinski definition) is 3. The Labute approximate surface area is 129 Å². The lowest BCUT2D eigenvalue weighted by atomic mass is 9.90. The van der Waals surface area contributed by atoms with Gasteiger partial charge >= 0.3 is 0 Å². The van der Waals surface area contributed by atoms with Crippen LogP contribution >= 0.6 is 31.9 Å². The fourth-order valence-corrected chi connectivity index (χ4v) is 3.35. The minimum atomic E-state index is -0.664. The van der Waals surface area contributed by atoms with Crippen molar-refractivity contribution in [2.45, 2.75) is 12.0 Å². The van der Waals surface area contributed by atoms with Gasteiger partial charge in [0.25, 0.3) is 0 Å². The Hall–Kier alpha value is -0.750. The Balaban J connectivity index is 2.33. The van der Waals surface area contributed by atoms with Crippen LogP contribution in [0.15, 0.2) is 51.7 Å². The average Bonchev–Trinajstić information content (AvgIpc) is 2.39. The zero-order valence-corrected chi connectivity index (χ0v) is 13.3. The Bertz CT molecular complexity index is 528. The number of pyridine rings is 1. The van der Waals surface area contributed by atoms with Gasteiger partial charge < -0.3 is 10.8 Å². The molecule has 0 aliphatic carbocycles. The Morgan fingerprint density at radius 3 is 2.37 bits per heavy atom. The molecule has 0 spiro atoms. The van der Waals surface area contributed by atoms with Crippen LogP contribution in [0.4, 0.5) is 0 Å². The van der Waals surface area contributed by atoms with Crippen LogP contribution in [0, 0.1) is 0 Å². The molecule has 100 valence electrons. The molecule has 19 heavy (non-hydrogen) atoms. The highest BCUT2D eigenvalue weighted by atomic mass is 79.9. The number of aliphatic hydroxyl groups excluding tert-OH is 1. The molecule has 0 aliphatic heterocycles. The van der Waals surface area contributed by atoms with Crippen molar-refractivity contribution in [3.63, 3.8) is 0 Å². The van der Waals surface area contributed by atoms with Gasteiger partial charge in [0.1, 0.15) is 0 Å². The number of nitrogens with two attached hydrogens (primary N) is 1. The molecule has 1 aromatic heterocycles. The molecule has 2 rings (SSSR count). The first-order valence-corrected chi connectivity index (χ1v) is 7.44. The molecule has 0 fully saturated rings. The molecule has 1 heterocycles. The molecule has 0 saturated heterocycles. The molecule has 2 unspecified atom stereocenters. The Morgan fingerprint density at radius 1 is 1.16 bits per heavy atom. The van der Waals surface area contributed by atoms with Gasteiger partial charge in [0.15, 0.2) is 0 Å². The zero-order chi connectivity index (χ0) is 13.8. The smallest absolute Gasteiger partial charge is 0.0872 e. The predicted octanol–water partition coefficient (Wildman–Crippen LogP) is 3.38. The Morgan fingerprint density at radius 2 is 1.84 bits per heavy atom. The molecular formula is C14H14Br2N2O. The van der Waals surface area contributed by atoms with Crippen molar-refractivity contribution in [3.05, 3.63) is 62.8 Å². The van der Waals surface area contributed by atoms with Crippen LogP contribution in [0.25, 0.3) is 0 Å². The maximum atomic E-state index is 10.5. The van der Waals surface area contributed by atoms with Gasteiger partial charge in [0.2, 0.25) is 0 Å². The molecular weight excluding hydrogens is 372 g/mol. The van der Waals surface area contributed by atoms with Crippen molar-refractivity contribution in [1.29, 1.82) is 0 Å². The summed E-state index contributed by atoms with van der Waals surface area (Å²) < 4.78 is 1.83. The SMILES string of the molecule is NCC(c1cccnc1)C(O)c1cc(Br)cc(Br)c1. The maximum absolute atomic E-state index is 10.5. The van der Waals surface area contributed by atoms with E-state index >= 15 is 0 Å². The first-order valence-electron chi connectivity index (χ1n) is 5.86. The molecule has 0 saturated carbocycles.